The van der Waals surface area contributed by atoms with Crippen molar-refractivity contribution in [3.05, 3.63) is 88.2 Å². The second-order valence-electron chi connectivity index (χ2n) is 5.84. The number of aromatic nitrogens is 2. The molecule has 1 aromatic heterocycles. The molecular weight excluding hydrogens is 342 g/mol. The summed E-state index contributed by atoms with van der Waals surface area (Å²) < 4.78 is 6.38. The number of allylic oxidation sites excluding steroid dienone is 1. The van der Waals surface area contributed by atoms with E-state index in [1.54, 1.807) is 31.4 Å². The van der Waals surface area contributed by atoms with Gasteiger partial charge in [0.2, 0.25) is 0 Å². The first-order valence-corrected chi connectivity index (χ1v) is 8.36. The molecule has 2 N–H and O–H groups in total. The maximum atomic E-state index is 12.5. The predicted molar refractivity (Wildman–Crippen MR) is 104 cm³/mol. The van der Waals surface area contributed by atoms with Crippen molar-refractivity contribution < 1.29 is 9.53 Å². The average molecular weight is 361 g/mol. The van der Waals surface area contributed by atoms with Gasteiger partial charge in [0.1, 0.15) is 11.3 Å². The smallest absolute Gasteiger partial charge is 0.279 e. The SMILES string of the molecule is COc1ccc(-c2cc(C(N)=O)c(=O)n(CC=Cc3ccccc3)n2)cc1. The molecule has 27 heavy (non-hydrogen) atoms. The van der Waals surface area contributed by atoms with Crippen LogP contribution in [-0.4, -0.2) is 22.8 Å². The fourth-order valence-electron chi connectivity index (χ4n) is 2.60. The lowest BCUT2D eigenvalue weighted by atomic mass is 10.1. The van der Waals surface area contributed by atoms with Gasteiger partial charge in [0.25, 0.3) is 11.5 Å². The molecule has 3 rings (SSSR count). The predicted octanol–water partition coefficient (Wildman–Crippen LogP) is 2.73. The Bertz CT molecular complexity index is 1020. The Morgan fingerprint density at radius 3 is 2.48 bits per heavy atom. The molecule has 0 unspecified atom stereocenters. The van der Waals surface area contributed by atoms with Gasteiger partial charge >= 0.3 is 0 Å². The number of carbonyl (C=O) groups is 1. The highest BCUT2D eigenvalue weighted by Crippen LogP contribution is 2.20. The van der Waals surface area contributed by atoms with Gasteiger partial charge in [0.05, 0.1) is 19.3 Å². The number of nitrogens with zero attached hydrogens (tertiary/aromatic N) is 2. The van der Waals surface area contributed by atoms with Crippen molar-refractivity contribution in [3.63, 3.8) is 0 Å². The third-order valence-corrected chi connectivity index (χ3v) is 4.01. The van der Waals surface area contributed by atoms with Gasteiger partial charge in [-0.25, -0.2) is 4.68 Å². The zero-order valence-corrected chi connectivity index (χ0v) is 14.8. The first-order chi connectivity index (χ1) is 13.1. The number of rotatable bonds is 6. The fourth-order valence-corrected chi connectivity index (χ4v) is 2.60. The summed E-state index contributed by atoms with van der Waals surface area (Å²) >= 11 is 0. The summed E-state index contributed by atoms with van der Waals surface area (Å²) in [5.41, 5.74) is 7.01. The van der Waals surface area contributed by atoms with E-state index in [1.807, 2.05) is 42.5 Å². The Morgan fingerprint density at radius 2 is 1.85 bits per heavy atom. The van der Waals surface area contributed by atoms with Crippen LogP contribution in [-0.2, 0) is 6.54 Å². The maximum Gasteiger partial charge on any atom is 0.279 e. The van der Waals surface area contributed by atoms with Crippen LogP contribution in [0.1, 0.15) is 15.9 Å². The molecule has 6 heteroatoms. The minimum absolute atomic E-state index is 0.0936. The van der Waals surface area contributed by atoms with E-state index < -0.39 is 11.5 Å². The second kappa shape index (κ2) is 8.14. The number of hydrogen-bond donors (Lipinski definition) is 1. The lowest BCUT2D eigenvalue weighted by Crippen LogP contribution is -2.31. The highest BCUT2D eigenvalue weighted by molar-refractivity contribution is 5.93. The summed E-state index contributed by atoms with van der Waals surface area (Å²) in [6.45, 7) is 0.220. The normalized spacial score (nSPS) is 10.9. The number of ether oxygens (including phenoxy) is 1. The Balaban J connectivity index is 1.97. The molecule has 0 atom stereocenters. The van der Waals surface area contributed by atoms with Crippen molar-refractivity contribution in [2.45, 2.75) is 6.54 Å². The molecule has 1 heterocycles. The van der Waals surface area contributed by atoms with E-state index in [0.29, 0.717) is 11.4 Å². The Labute approximate surface area is 156 Å². The quantitative estimate of drug-likeness (QED) is 0.731. The highest BCUT2D eigenvalue weighted by atomic mass is 16.5. The minimum Gasteiger partial charge on any atom is -0.497 e. The average Bonchev–Trinajstić information content (AvgIpc) is 2.70. The van der Waals surface area contributed by atoms with Gasteiger partial charge in [-0.1, -0.05) is 42.5 Å². The van der Waals surface area contributed by atoms with Gasteiger partial charge in [-0.15, -0.1) is 0 Å². The number of nitrogens with two attached hydrogens (primary N) is 1. The molecule has 3 aromatic rings. The molecular formula is C21H19N3O3. The number of benzene rings is 2. The molecule has 0 aliphatic heterocycles. The van der Waals surface area contributed by atoms with Gasteiger partial charge in [0.15, 0.2) is 0 Å². The third kappa shape index (κ3) is 4.30. The van der Waals surface area contributed by atoms with Crippen molar-refractivity contribution in [2.75, 3.05) is 7.11 Å². The van der Waals surface area contributed by atoms with Crippen LogP contribution in [0.5, 0.6) is 5.75 Å². The van der Waals surface area contributed by atoms with Crippen molar-refractivity contribution in [2.24, 2.45) is 5.73 Å². The van der Waals surface area contributed by atoms with Crippen LogP contribution in [0, 0.1) is 0 Å². The summed E-state index contributed by atoms with van der Waals surface area (Å²) in [5, 5.41) is 4.38. The van der Waals surface area contributed by atoms with Crippen LogP contribution in [0.15, 0.2) is 71.5 Å². The molecule has 1 amide bonds. The largest absolute Gasteiger partial charge is 0.497 e. The highest BCUT2D eigenvalue weighted by Gasteiger charge is 2.13. The maximum absolute atomic E-state index is 12.5. The minimum atomic E-state index is -0.780. The molecule has 0 fully saturated rings. The summed E-state index contributed by atoms with van der Waals surface area (Å²) in [4.78, 5) is 24.2. The molecule has 0 saturated heterocycles. The van der Waals surface area contributed by atoms with Crippen molar-refractivity contribution >= 4 is 12.0 Å². The number of hydrogen-bond acceptors (Lipinski definition) is 4. The molecule has 0 bridgehead atoms. The Kier molecular flexibility index (Phi) is 5.47. The summed E-state index contributed by atoms with van der Waals surface area (Å²) in [5.74, 6) is -0.0778. The van der Waals surface area contributed by atoms with E-state index in [-0.39, 0.29) is 12.1 Å². The molecule has 0 saturated carbocycles. The van der Waals surface area contributed by atoms with Crippen LogP contribution in [0.2, 0.25) is 0 Å². The van der Waals surface area contributed by atoms with Gasteiger partial charge in [-0.05, 0) is 35.9 Å². The van der Waals surface area contributed by atoms with Crippen LogP contribution < -0.4 is 16.0 Å². The second-order valence-corrected chi connectivity index (χ2v) is 5.84. The Morgan fingerprint density at radius 1 is 1.15 bits per heavy atom. The van der Waals surface area contributed by atoms with Crippen LogP contribution in [0.3, 0.4) is 0 Å². The summed E-state index contributed by atoms with van der Waals surface area (Å²) in [6, 6.07) is 18.3. The van der Waals surface area contributed by atoms with E-state index >= 15 is 0 Å². The molecule has 6 nitrogen and oxygen atoms in total. The third-order valence-electron chi connectivity index (χ3n) is 4.01. The molecule has 0 aliphatic carbocycles. The van der Waals surface area contributed by atoms with Crippen molar-refractivity contribution in [3.8, 4) is 17.0 Å². The van der Waals surface area contributed by atoms with Gasteiger partial charge in [-0.2, -0.15) is 5.10 Å². The van der Waals surface area contributed by atoms with Crippen molar-refractivity contribution in [1.82, 2.24) is 9.78 Å². The standard InChI is InChI=1S/C21H19N3O3/c1-27-17-11-9-16(10-12-17)19-14-18(20(22)25)21(26)24(23-19)13-5-8-15-6-3-2-4-7-15/h2-12,14H,13H2,1H3,(H2,22,25). The van der Waals surface area contributed by atoms with E-state index in [9.17, 15) is 9.59 Å². The van der Waals surface area contributed by atoms with Gasteiger partial charge in [-0.3, -0.25) is 9.59 Å². The number of methoxy groups -OCH3 is 1. The summed E-state index contributed by atoms with van der Waals surface area (Å²) in [7, 11) is 1.58. The fraction of sp³-hybridized carbons (Fsp3) is 0.0952. The van der Waals surface area contributed by atoms with Crippen LogP contribution in [0.25, 0.3) is 17.3 Å². The first-order valence-electron chi connectivity index (χ1n) is 8.36. The molecule has 136 valence electrons. The zero-order valence-electron chi connectivity index (χ0n) is 14.8. The van der Waals surface area contributed by atoms with E-state index in [0.717, 1.165) is 11.1 Å². The lowest BCUT2D eigenvalue weighted by Gasteiger charge is -2.08. The molecule has 0 spiro atoms. The molecule has 0 radical (unpaired) electrons. The monoisotopic (exact) mass is 361 g/mol. The van der Waals surface area contributed by atoms with Crippen LogP contribution in [0.4, 0.5) is 0 Å². The van der Waals surface area contributed by atoms with Crippen LogP contribution >= 0.6 is 0 Å². The molecule has 0 aliphatic rings. The van der Waals surface area contributed by atoms with E-state index in [2.05, 4.69) is 5.10 Å². The number of carbonyl (C=O) groups excluding carboxylic acids is 1. The lowest BCUT2D eigenvalue weighted by molar-refractivity contribution is 0.0998. The zero-order chi connectivity index (χ0) is 19.2. The number of amides is 1. The topological polar surface area (TPSA) is 87.2 Å². The number of primary amides is 1. The summed E-state index contributed by atoms with van der Waals surface area (Å²) in [6.07, 6.45) is 3.70. The first kappa shape index (κ1) is 18.1. The Hall–Kier alpha value is -3.67. The van der Waals surface area contributed by atoms with Gasteiger partial charge in [0, 0.05) is 5.56 Å². The van der Waals surface area contributed by atoms with Crippen molar-refractivity contribution in [1.29, 1.82) is 0 Å². The van der Waals surface area contributed by atoms with Gasteiger partial charge < -0.3 is 10.5 Å². The van der Waals surface area contributed by atoms with E-state index in [1.165, 1.54) is 10.7 Å². The van der Waals surface area contributed by atoms with E-state index in [4.69, 9.17) is 10.5 Å². The molecule has 2 aromatic carbocycles.